The minimum atomic E-state index is -2.17. The minimum absolute atomic E-state index is 0.203. The maximum Gasteiger partial charge on any atom is 0.349 e. The number of hydrogen-bond donors (Lipinski definition) is 1. The lowest BCUT2D eigenvalue weighted by atomic mass is 9.86. The first kappa shape index (κ1) is 21.9. The molecule has 2 atom stereocenters. The lowest BCUT2D eigenvalue weighted by molar-refractivity contribution is -0.187. The number of carbonyl (C=O) groups excluding carboxylic acids is 1. The van der Waals surface area contributed by atoms with Gasteiger partial charge in [0.15, 0.2) is 5.72 Å². The molecule has 1 fully saturated rings. The van der Waals surface area contributed by atoms with E-state index in [0.29, 0.717) is 22.5 Å². The fraction of sp³-hybridized carbons (Fsp3) is 0.318. The Morgan fingerprint density at radius 2 is 1.63 bits per heavy atom. The third-order valence-electron chi connectivity index (χ3n) is 6.01. The van der Waals surface area contributed by atoms with Crippen molar-refractivity contribution in [2.45, 2.75) is 36.6 Å². The first-order valence-corrected chi connectivity index (χ1v) is 11.0. The van der Waals surface area contributed by atoms with Crippen molar-refractivity contribution in [3.63, 3.8) is 0 Å². The molecule has 0 spiro atoms. The third kappa shape index (κ3) is 3.54. The first-order valence-electron chi connectivity index (χ1n) is 9.45. The van der Waals surface area contributed by atoms with Gasteiger partial charge in [0.2, 0.25) is 5.60 Å². The third-order valence-corrected chi connectivity index (χ3v) is 7.48. The van der Waals surface area contributed by atoms with E-state index >= 15 is 0 Å². The Kier molecular flexibility index (Phi) is 5.86. The topological polar surface area (TPSA) is 49.8 Å². The van der Waals surface area contributed by atoms with Crippen LogP contribution in [0.2, 0.25) is 20.1 Å². The van der Waals surface area contributed by atoms with E-state index in [9.17, 15) is 9.90 Å². The summed E-state index contributed by atoms with van der Waals surface area (Å²) in [7, 11) is 1.92. The molecule has 8 heteroatoms. The van der Waals surface area contributed by atoms with Crippen LogP contribution < -0.4 is 0 Å². The number of halogens is 4. The molecule has 4 nitrogen and oxygen atoms in total. The average Bonchev–Trinajstić information content (AvgIpc) is 2.89. The van der Waals surface area contributed by atoms with Crippen LogP contribution in [-0.4, -0.2) is 34.8 Å². The molecule has 0 radical (unpaired) electrons. The van der Waals surface area contributed by atoms with Gasteiger partial charge in [-0.25, -0.2) is 4.79 Å². The second-order valence-electron chi connectivity index (χ2n) is 7.64. The predicted molar refractivity (Wildman–Crippen MR) is 119 cm³/mol. The van der Waals surface area contributed by atoms with E-state index < -0.39 is 17.3 Å². The Labute approximate surface area is 194 Å². The van der Waals surface area contributed by atoms with Crippen molar-refractivity contribution in [1.29, 1.82) is 0 Å². The summed E-state index contributed by atoms with van der Waals surface area (Å²) in [5.41, 5.74) is -2.63. The van der Waals surface area contributed by atoms with Crippen LogP contribution in [0, 0.1) is 0 Å². The highest BCUT2D eigenvalue weighted by Crippen LogP contribution is 2.43. The molecule has 30 heavy (non-hydrogen) atoms. The smallest absolute Gasteiger partial charge is 0.349 e. The Morgan fingerprint density at radius 3 is 2.17 bits per heavy atom. The molecule has 0 aromatic heterocycles. The molecule has 0 aliphatic carbocycles. The highest BCUT2D eigenvalue weighted by molar-refractivity contribution is 6.42. The zero-order chi connectivity index (χ0) is 21.7. The molecular formula is C22H19Cl4NO3. The van der Waals surface area contributed by atoms with Gasteiger partial charge in [-0.2, -0.15) is 0 Å². The van der Waals surface area contributed by atoms with Gasteiger partial charge in [0.25, 0.3) is 0 Å². The molecule has 2 heterocycles. The summed E-state index contributed by atoms with van der Waals surface area (Å²) >= 11 is 24.5. The predicted octanol–water partition coefficient (Wildman–Crippen LogP) is 5.83. The fourth-order valence-corrected chi connectivity index (χ4v) is 4.77. The minimum Gasteiger partial charge on any atom is -0.437 e. The largest absolute Gasteiger partial charge is 0.437 e. The fourth-order valence-electron chi connectivity index (χ4n) is 4.17. The maximum atomic E-state index is 13.6. The van der Waals surface area contributed by atoms with Crippen LogP contribution in [0.4, 0.5) is 0 Å². The Bertz CT molecular complexity index is 990. The highest BCUT2D eigenvalue weighted by Gasteiger charge is 2.51. The van der Waals surface area contributed by atoms with E-state index in [2.05, 4.69) is 0 Å². The summed E-state index contributed by atoms with van der Waals surface area (Å²) in [4.78, 5) is 15.6. The summed E-state index contributed by atoms with van der Waals surface area (Å²) in [5, 5.41) is 12.8. The number of esters is 1. The molecule has 2 aromatic carbocycles. The van der Waals surface area contributed by atoms with E-state index in [4.69, 9.17) is 51.1 Å². The average molecular weight is 487 g/mol. The van der Waals surface area contributed by atoms with Crippen molar-refractivity contribution in [3.8, 4) is 0 Å². The molecule has 4 rings (SSSR count). The Hall–Kier alpha value is -1.27. The second-order valence-corrected chi connectivity index (χ2v) is 9.27. The summed E-state index contributed by atoms with van der Waals surface area (Å²) in [6, 6.07) is 9.30. The van der Waals surface area contributed by atoms with Gasteiger partial charge >= 0.3 is 5.97 Å². The van der Waals surface area contributed by atoms with Crippen LogP contribution in [0.5, 0.6) is 0 Å². The molecule has 2 aliphatic heterocycles. The quantitative estimate of drug-likeness (QED) is 0.436. The molecule has 0 amide bonds. The number of likely N-dealkylation sites (N-methyl/N-ethyl adjacent to an activating group) is 1. The molecule has 0 saturated carbocycles. The van der Waals surface area contributed by atoms with Crippen molar-refractivity contribution in [2.75, 3.05) is 7.05 Å². The van der Waals surface area contributed by atoms with Gasteiger partial charge in [0, 0.05) is 23.6 Å². The molecule has 1 saturated heterocycles. The second kappa shape index (κ2) is 8.01. The van der Waals surface area contributed by atoms with E-state index in [1.165, 1.54) is 36.4 Å². The number of hydrogen-bond acceptors (Lipinski definition) is 4. The van der Waals surface area contributed by atoms with Gasteiger partial charge in [-0.15, -0.1) is 0 Å². The SMILES string of the molecule is CN1[C@@H]2CC=C[C@@]1(OC(=O)C(O)(c1ccc(Cl)c(Cl)c1)c1ccc(Cl)c(Cl)c1)CC2. The van der Waals surface area contributed by atoms with Crippen molar-refractivity contribution < 1.29 is 14.6 Å². The van der Waals surface area contributed by atoms with Crippen LogP contribution in [0.1, 0.15) is 30.4 Å². The van der Waals surface area contributed by atoms with E-state index in [-0.39, 0.29) is 21.2 Å². The normalized spacial score (nSPS) is 23.6. The van der Waals surface area contributed by atoms with Crippen molar-refractivity contribution in [2.24, 2.45) is 0 Å². The summed E-state index contributed by atoms with van der Waals surface area (Å²) < 4.78 is 5.99. The molecule has 158 valence electrons. The van der Waals surface area contributed by atoms with Crippen LogP contribution in [-0.2, 0) is 15.1 Å². The van der Waals surface area contributed by atoms with Gasteiger partial charge in [-0.1, -0.05) is 64.6 Å². The van der Waals surface area contributed by atoms with Crippen LogP contribution in [0.15, 0.2) is 48.6 Å². The van der Waals surface area contributed by atoms with Crippen LogP contribution >= 0.6 is 46.4 Å². The Morgan fingerprint density at radius 1 is 1.07 bits per heavy atom. The lowest BCUT2D eigenvalue weighted by Crippen LogP contribution is -2.52. The number of rotatable bonds is 4. The summed E-state index contributed by atoms with van der Waals surface area (Å²) in [6.45, 7) is 0. The number of benzene rings is 2. The zero-order valence-electron chi connectivity index (χ0n) is 16.0. The van der Waals surface area contributed by atoms with Crippen molar-refractivity contribution >= 4 is 52.4 Å². The molecule has 2 aromatic rings. The molecule has 1 N–H and O–H groups in total. The van der Waals surface area contributed by atoms with Gasteiger partial charge in [-0.05, 0) is 50.2 Å². The zero-order valence-corrected chi connectivity index (χ0v) is 19.1. The monoisotopic (exact) mass is 485 g/mol. The number of fused-ring (bicyclic) bond motifs is 2. The van der Waals surface area contributed by atoms with Gasteiger partial charge in [0.1, 0.15) is 0 Å². The van der Waals surface area contributed by atoms with Crippen molar-refractivity contribution in [1.82, 2.24) is 4.90 Å². The van der Waals surface area contributed by atoms with Gasteiger partial charge in [0.05, 0.1) is 20.1 Å². The van der Waals surface area contributed by atoms with Crippen molar-refractivity contribution in [3.05, 3.63) is 79.8 Å². The highest BCUT2D eigenvalue weighted by atomic mass is 35.5. The molecule has 2 bridgehead atoms. The maximum absolute atomic E-state index is 13.6. The standard InChI is InChI=1S/C22H19Cl4NO3/c1-27-15-3-2-9-21(27,10-8-15)30-20(28)22(29,13-4-6-16(23)18(25)11-13)14-5-7-17(24)19(26)12-14/h2,4-7,9,11-12,15,29H,3,8,10H2,1H3/t15-,21-/m1/s1. The van der Waals surface area contributed by atoms with E-state index in [0.717, 1.165) is 12.8 Å². The van der Waals surface area contributed by atoms with E-state index in [1.807, 2.05) is 24.1 Å². The number of carbonyl (C=O) groups is 1. The van der Waals surface area contributed by atoms with Gasteiger partial charge < -0.3 is 9.84 Å². The number of aliphatic hydroxyl groups is 1. The van der Waals surface area contributed by atoms with Crippen LogP contribution in [0.25, 0.3) is 0 Å². The molecule has 0 unspecified atom stereocenters. The molecular weight excluding hydrogens is 468 g/mol. The number of nitrogens with zero attached hydrogens (tertiary/aromatic N) is 1. The first-order chi connectivity index (χ1) is 14.2. The lowest BCUT2D eigenvalue weighted by Gasteiger charge is -2.40. The summed E-state index contributed by atoms with van der Waals surface area (Å²) in [6.07, 6.45) is 6.35. The van der Waals surface area contributed by atoms with Crippen LogP contribution in [0.3, 0.4) is 0 Å². The summed E-state index contributed by atoms with van der Waals surface area (Å²) in [5.74, 6) is -0.835. The van der Waals surface area contributed by atoms with E-state index in [1.54, 1.807) is 0 Å². The Balaban J connectivity index is 1.81. The van der Waals surface area contributed by atoms with Gasteiger partial charge in [-0.3, -0.25) is 4.90 Å². The molecule has 2 aliphatic rings. The number of ether oxygens (including phenoxy) is 1.